The van der Waals surface area contributed by atoms with Crippen molar-refractivity contribution >= 4 is 29.6 Å². The van der Waals surface area contributed by atoms with E-state index in [2.05, 4.69) is 5.32 Å². The van der Waals surface area contributed by atoms with Crippen molar-refractivity contribution in [2.24, 2.45) is 5.92 Å². The number of phenolic OH excluding ortho intramolecular Hbond substituents is 1. The van der Waals surface area contributed by atoms with Crippen molar-refractivity contribution in [2.75, 3.05) is 6.26 Å². The number of carbonyl (C=O) groups is 3. The van der Waals surface area contributed by atoms with Gasteiger partial charge in [0.1, 0.15) is 23.5 Å². The Morgan fingerprint density at radius 1 is 1.27 bits per heavy atom. The lowest BCUT2D eigenvalue weighted by atomic mass is 9.90. The van der Waals surface area contributed by atoms with Crippen molar-refractivity contribution in [1.29, 1.82) is 0 Å². The highest BCUT2D eigenvalue weighted by atomic mass is 32.2. The molecule has 30 heavy (non-hydrogen) atoms. The number of hydrogen-bond acceptors (Lipinski definition) is 8. The number of rotatable bonds is 7. The first kappa shape index (κ1) is 22.4. The third kappa shape index (κ3) is 4.73. The Kier molecular flexibility index (Phi) is 6.92. The molecule has 0 radical (unpaired) electrons. The van der Waals surface area contributed by atoms with Crippen LogP contribution in [0.2, 0.25) is 0 Å². The third-order valence-corrected chi connectivity index (χ3v) is 6.44. The molecule has 164 valence electrons. The first-order chi connectivity index (χ1) is 14.2. The first-order valence-corrected chi connectivity index (χ1v) is 11.2. The molecule has 5 atom stereocenters. The summed E-state index contributed by atoms with van der Waals surface area (Å²) in [5.74, 6) is -1.71. The molecule has 2 aliphatic heterocycles. The average molecular weight is 438 g/mol. The summed E-state index contributed by atoms with van der Waals surface area (Å²) in [6.07, 6.45) is -0.298. The molecule has 0 aliphatic carbocycles. The van der Waals surface area contributed by atoms with Crippen molar-refractivity contribution in [3.05, 3.63) is 29.3 Å². The number of aliphatic hydroxyl groups is 1. The fourth-order valence-corrected chi connectivity index (χ4v) is 4.72. The van der Waals surface area contributed by atoms with E-state index in [1.165, 1.54) is 17.8 Å². The van der Waals surface area contributed by atoms with Crippen molar-refractivity contribution < 1.29 is 34.1 Å². The van der Waals surface area contributed by atoms with E-state index in [-0.39, 0.29) is 28.9 Å². The summed E-state index contributed by atoms with van der Waals surface area (Å²) in [5.41, 5.74) is 0.788. The summed E-state index contributed by atoms with van der Waals surface area (Å²) in [6.45, 7) is 3.95. The summed E-state index contributed by atoms with van der Waals surface area (Å²) >= 11 is 1.36. The lowest BCUT2D eigenvalue weighted by Gasteiger charge is -2.33. The molecule has 2 heterocycles. The minimum atomic E-state index is -1.51. The number of aromatic hydroxyl groups is 1. The van der Waals surface area contributed by atoms with Gasteiger partial charge in [-0.15, -0.1) is 0 Å². The number of phenols is 1. The molecule has 2 aliphatic rings. The molecule has 1 saturated heterocycles. The Hall–Kier alpha value is -2.26. The van der Waals surface area contributed by atoms with Gasteiger partial charge in [0, 0.05) is 6.42 Å². The molecule has 9 heteroatoms. The van der Waals surface area contributed by atoms with Gasteiger partial charge < -0.3 is 25.0 Å². The van der Waals surface area contributed by atoms with Gasteiger partial charge in [-0.3, -0.25) is 9.59 Å². The summed E-state index contributed by atoms with van der Waals surface area (Å²) in [5, 5.41) is 23.0. The molecule has 0 spiro atoms. The number of nitrogens with one attached hydrogen (secondary N) is 1. The highest BCUT2D eigenvalue weighted by molar-refractivity contribution is 7.99. The topological polar surface area (TPSA) is 122 Å². The molecule has 3 N–H and O–H groups in total. The summed E-state index contributed by atoms with van der Waals surface area (Å²) in [6, 6.07) is 4.28. The molecule has 1 aromatic carbocycles. The Morgan fingerprint density at radius 2 is 2.00 bits per heavy atom. The van der Waals surface area contributed by atoms with E-state index in [1.54, 1.807) is 18.4 Å². The molecular weight excluding hydrogens is 410 g/mol. The molecule has 1 fully saturated rings. The number of cyclic esters (lactones) is 2. The van der Waals surface area contributed by atoms with Gasteiger partial charge in [0.15, 0.2) is 6.10 Å². The van der Waals surface area contributed by atoms with Crippen LogP contribution in [-0.2, 0) is 25.5 Å². The largest absolute Gasteiger partial charge is 0.507 e. The number of hydrogen-bond donors (Lipinski definition) is 3. The number of benzene rings is 1. The van der Waals surface area contributed by atoms with Crippen LogP contribution >= 0.6 is 11.8 Å². The first-order valence-electron chi connectivity index (χ1n) is 9.93. The molecule has 0 bridgehead atoms. The molecule has 3 rings (SSSR count). The summed E-state index contributed by atoms with van der Waals surface area (Å²) in [4.78, 5) is 36.8. The van der Waals surface area contributed by atoms with Gasteiger partial charge in [-0.25, -0.2) is 4.79 Å². The van der Waals surface area contributed by atoms with Crippen LogP contribution in [0.25, 0.3) is 0 Å². The Balaban J connectivity index is 1.76. The van der Waals surface area contributed by atoms with Crippen molar-refractivity contribution in [1.82, 2.24) is 5.32 Å². The van der Waals surface area contributed by atoms with E-state index in [0.717, 1.165) is 0 Å². The maximum absolute atomic E-state index is 12.8. The molecule has 1 amide bonds. The van der Waals surface area contributed by atoms with Crippen LogP contribution < -0.4 is 5.32 Å². The second-order valence-corrected chi connectivity index (χ2v) is 9.16. The van der Waals surface area contributed by atoms with Gasteiger partial charge in [0.05, 0.1) is 17.7 Å². The minimum Gasteiger partial charge on any atom is -0.507 e. The zero-order chi connectivity index (χ0) is 22.0. The fraction of sp³-hybridized carbons (Fsp3) is 0.571. The standard InChI is InChI=1S/C21H27NO7S/c1-10(2)7-12(14-8-11-5-4-6-13(23)17(11)21(27)28-14)22-20(26)18(25)19-15(30-3)9-16(24)29-19/h4-6,10,12,14-15,18-19,23,25H,7-9H2,1-3H3,(H,22,26)/t12-,14-,15-,18-,19-/m0/s1. The van der Waals surface area contributed by atoms with Crippen LogP contribution in [0.1, 0.15) is 42.6 Å². The normalized spacial score (nSPS) is 25.3. The smallest absolute Gasteiger partial charge is 0.342 e. The Morgan fingerprint density at radius 3 is 2.67 bits per heavy atom. The second-order valence-electron chi connectivity index (χ2n) is 8.08. The van der Waals surface area contributed by atoms with Crippen LogP contribution in [0, 0.1) is 5.92 Å². The number of fused-ring (bicyclic) bond motifs is 1. The van der Waals surface area contributed by atoms with Gasteiger partial charge in [-0.05, 0) is 30.2 Å². The van der Waals surface area contributed by atoms with Crippen LogP contribution in [0.15, 0.2) is 18.2 Å². The van der Waals surface area contributed by atoms with Gasteiger partial charge in [0.2, 0.25) is 0 Å². The number of esters is 2. The molecule has 0 unspecified atom stereocenters. The van der Waals surface area contributed by atoms with Crippen molar-refractivity contribution in [3.63, 3.8) is 0 Å². The fourth-order valence-electron chi connectivity index (χ4n) is 3.94. The number of aliphatic hydroxyl groups excluding tert-OH is 1. The zero-order valence-corrected chi connectivity index (χ0v) is 18.0. The highest BCUT2D eigenvalue weighted by Gasteiger charge is 2.43. The minimum absolute atomic E-state index is 0.137. The summed E-state index contributed by atoms with van der Waals surface area (Å²) in [7, 11) is 0. The number of ether oxygens (including phenoxy) is 2. The molecule has 1 aromatic rings. The van der Waals surface area contributed by atoms with Crippen molar-refractivity contribution in [2.45, 2.75) is 62.7 Å². The SMILES string of the molecule is CS[C@H]1CC(=O)O[C@@H]1[C@H](O)C(=O)N[C@@H](CC(C)C)[C@@H]1Cc2cccc(O)c2C(=O)O1. The van der Waals surface area contributed by atoms with E-state index in [4.69, 9.17) is 9.47 Å². The van der Waals surface area contributed by atoms with Gasteiger partial charge >= 0.3 is 11.9 Å². The molecular formula is C21H27NO7S. The Labute approximate surface area is 179 Å². The predicted molar refractivity (Wildman–Crippen MR) is 110 cm³/mol. The monoisotopic (exact) mass is 437 g/mol. The number of thioether (sulfide) groups is 1. The van der Waals surface area contributed by atoms with E-state index in [0.29, 0.717) is 18.4 Å². The molecule has 8 nitrogen and oxygen atoms in total. The molecule has 0 aromatic heterocycles. The lowest BCUT2D eigenvalue weighted by molar-refractivity contribution is -0.150. The van der Waals surface area contributed by atoms with Gasteiger partial charge in [-0.1, -0.05) is 26.0 Å². The molecule has 0 saturated carbocycles. The van der Waals surface area contributed by atoms with Crippen molar-refractivity contribution in [3.8, 4) is 5.75 Å². The zero-order valence-electron chi connectivity index (χ0n) is 17.2. The highest BCUT2D eigenvalue weighted by Crippen LogP contribution is 2.31. The predicted octanol–water partition coefficient (Wildman–Crippen LogP) is 1.41. The maximum Gasteiger partial charge on any atom is 0.342 e. The third-order valence-electron chi connectivity index (χ3n) is 5.40. The number of amides is 1. The van der Waals surface area contributed by atoms with Crippen LogP contribution in [0.4, 0.5) is 0 Å². The lowest BCUT2D eigenvalue weighted by Crippen LogP contribution is -2.54. The Bertz CT molecular complexity index is 828. The van der Waals surface area contributed by atoms with Crippen LogP contribution in [0.3, 0.4) is 0 Å². The average Bonchev–Trinajstić information content (AvgIpc) is 3.07. The van der Waals surface area contributed by atoms with E-state index in [1.807, 2.05) is 13.8 Å². The van der Waals surface area contributed by atoms with Crippen LogP contribution in [0.5, 0.6) is 5.75 Å². The summed E-state index contributed by atoms with van der Waals surface area (Å²) < 4.78 is 10.7. The second kappa shape index (κ2) is 9.26. The van der Waals surface area contributed by atoms with Crippen LogP contribution in [-0.4, -0.2) is 63.9 Å². The number of carbonyl (C=O) groups excluding carboxylic acids is 3. The maximum atomic E-state index is 12.8. The van der Waals surface area contributed by atoms with Gasteiger partial charge in [0.25, 0.3) is 5.91 Å². The van der Waals surface area contributed by atoms with E-state index in [9.17, 15) is 24.6 Å². The quantitative estimate of drug-likeness (QED) is 0.548. The van der Waals surface area contributed by atoms with Gasteiger partial charge in [-0.2, -0.15) is 11.8 Å². The van der Waals surface area contributed by atoms with E-state index < -0.39 is 42.2 Å². The van der Waals surface area contributed by atoms with E-state index >= 15 is 0 Å².